The predicted octanol–water partition coefficient (Wildman–Crippen LogP) is 3.38. The van der Waals surface area contributed by atoms with Crippen LogP contribution in [0.2, 0.25) is 0 Å². The smallest absolute Gasteiger partial charge is 0.236 e. The molecule has 0 unspecified atom stereocenters. The number of amides is 2. The van der Waals surface area contributed by atoms with Crippen LogP contribution < -0.4 is 11.1 Å². The number of likely N-dealkylation sites (tertiary alicyclic amines) is 1. The number of nitrogens with one attached hydrogen (secondary N) is 1. The third kappa shape index (κ3) is 5.75. The molecule has 1 aliphatic heterocycles. The average Bonchev–Trinajstić information content (AvgIpc) is 3.56. The van der Waals surface area contributed by atoms with Crippen molar-refractivity contribution in [3.63, 3.8) is 0 Å². The maximum atomic E-state index is 12.5. The Labute approximate surface area is 218 Å². The molecule has 35 heavy (non-hydrogen) atoms. The molecule has 0 spiro atoms. The molecule has 1 saturated heterocycles. The number of hydrogen-bond acceptors (Lipinski definition) is 7. The molecule has 8 nitrogen and oxygen atoms in total. The molecule has 2 fully saturated rings. The molecule has 1 saturated carbocycles. The molecule has 0 bridgehead atoms. The van der Waals surface area contributed by atoms with Crippen LogP contribution in [0.15, 0.2) is 6.33 Å². The van der Waals surface area contributed by atoms with E-state index in [9.17, 15) is 9.59 Å². The van der Waals surface area contributed by atoms with Crippen molar-refractivity contribution in [2.45, 2.75) is 82.2 Å². The summed E-state index contributed by atoms with van der Waals surface area (Å²) in [4.78, 5) is 39.8. The molecule has 3 aliphatic rings. The zero-order chi connectivity index (χ0) is 23.7. The fourth-order valence-corrected chi connectivity index (χ4v) is 7.29. The van der Waals surface area contributed by atoms with Crippen molar-refractivity contribution in [2.24, 2.45) is 5.73 Å². The Morgan fingerprint density at radius 1 is 1.17 bits per heavy atom. The summed E-state index contributed by atoms with van der Waals surface area (Å²) in [6.45, 7) is 2.38. The molecule has 192 valence electrons. The van der Waals surface area contributed by atoms with Crippen LogP contribution in [0.1, 0.15) is 74.1 Å². The molecule has 1 atom stereocenters. The average molecular weight is 519 g/mol. The molecule has 3 heterocycles. The molecule has 10 heteroatoms. The summed E-state index contributed by atoms with van der Waals surface area (Å²) in [5.41, 5.74) is 6.77. The van der Waals surface area contributed by atoms with Gasteiger partial charge in [0.1, 0.15) is 17.0 Å². The van der Waals surface area contributed by atoms with Crippen molar-refractivity contribution in [3.8, 4) is 0 Å². The van der Waals surface area contributed by atoms with E-state index in [0.29, 0.717) is 31.0 Å². The third-order valence-corrected chi connectivity index (χ3v) is 9.15. The van der Waals surface area contributed by atoms with Crippen molar-refractivity contribution < 1.29 is 9.59 Å². The SMILES string of the molecule is CN(CC(=O)N1CCCC1)C1CCC(Nc2ncnc3sc4c(c23)[C@@H](CCC(N)=O)CC4)CC1.S. The van der Waals surface area contributed by atoms with Gasteiger partial charge in [-0.2, -0.15) is 13.5 Å². The van der Waals surface area contributed by atoms with E-state index in [2.05, 4.69) is 27.2 Å². The zero-order valence-electron chi connectivity index (χ0n) is 20.6. The lowest BCUT2D eigenvalue weighted by molar-refractivity contribution is -0.131. The van der Waals surface area contributed by atoms with E-state index in [1.807, 2.05) is 4.90 Å². The predicted molar refractivity (Wildman–Crippen MR) is 145 cm³/mol. The highest BCUT2D eigenvalue weighted by Crippen LogP contribution is 2.47. The number of aromatic nitrogens is 2. The van der Waals surface area contributed by atoms with E-state index in [1.165, 1.54) is 10.4 Å². The number of carbonyl (C=O) groups excluding carboxylic acids is 2. The molecule has 0 radical (unpaired) electrons. The van der Waals surface area contributed by atoms with Crippen molar-refractivity contribution in [3.05, 3.63) is 16.8 Å². The number of carbonyl (C=O) groups is 2. The number of primary amides is 1. The third-order valence-electron chi connectivity index (χ3n) is 7.97. The van der Waals surface area contributed by atoms with E-state index in [1.54, 1.807) is 17.7 Å². The van der Waals surface area contributed by atoms with Crippen LogP contribution in [0.5, 0.6) is 0 Å². The first kappa shape index (κ1) is 26.2. The Morgan fingerprint density at radius 3 is 2.63 bits per heavy atom. The molecule has 2 aromatic rings. The van der Waals surface area contributed by atoms with E-state index >= 15 is 0 Å². The van der Waals surface area contributed by atoms with Crippen molar-refractivity contribution in [1.82, 2.24) is 19.8 Å². The normalized spacial score (nSPS) is 23.9. The van der Waals surface area contributed by atoms with Crippen LogP contribution in [0.4, 0.5) is 5.82 Å². The van der Waals surface area contributed by atoms with E-state index in [-0.39, 0.29) is 25.3 Å². The van der Waals surface area contributed by atoms with Gasteiger partial charge in [-0.15, -0.1) is 11.3 Å². The maximum Gasteiger partial charge on any atom is 0.236 e. The van der Waals surface area contributed by atoms with Gasteiger partial charge in [0.25, 0.3) is 0 Å². The van der Waals surface area contributed by atoms with Gasteiger partial charge in [-0.3, -0.25) is 14.5 Å². The monoisotopic (exact) mass is 518 g/mol. The highest BCUT2D eigenvalue weighted by molar-refractivity contribution is 7.59. The summed E-state index contributed by atoms with van der Waals surface area (Å²) >= 11 is 1.77. The van der Waals surface area contributed by atoms with Crippen molar-refractivity contribution in [2.75, 3.05) is 32.0 Å². The Kier molecular flexibility index (Phi) is 8.54. The second-order valence-electron chi connectivity index (χ2n) is 10.2. The number of aryl methyl sites for hydroxylation is 1. The quantitative estimate of drug-likeness (QED) is 0.555. The van der Waals surface area contributed by atoms with Gasteiger partial charge in [-0.05, 0) is 76.3 Å². The molecular weight excluding hydrogens is 480 g/mol. The standard InChI is InChI=1S/C25H36N6O2S.H2S/c1-30(14-21(33)31-12-2-3-13-31)18-8-6-17(7-9-18)29-24-23-22-16(5-11-20(26)32)4-10-19(22)34-25(23)28-15-27-24;/h15-18H,2-14H2,1H3,(H2,26,32)(H,27,28,29);1H2/t16-,17?,18?;/m1./s1. The minimum absolute atomic E-state index is 0. The Morgan fingerprint density at radius 2 is 1.91 bits per heavy atom. The topological polar surface area (TPSA) is 104 Å². The van der Waals surface area contributed by atoms with Gasteiger partial charge in [-0.1, -0.05) is 0 Å². The summed E-state index contributed by atoms with van der Waals surface area (Å²) in [5.74, 6) is 1.35. The van der Waals surface area contributed by atoms with Crippen LogP contribution in [0, 0.1) is 0 Å². The van der Waals surface area contributed by atoms with Crippen LogP contribution in [0.25, 0.3) is 10.2 Å². The van der Waals surface area contributed by atoms with Gasteiger partial charge in [0.05, 0.1) is 11.9 Å². The number of thiophene rings is 1. The van der Waals surface area contributed by atoms with Crippen LogP contribution in [-0.4, -0.2) is 70.3 Å². The highest BCUT2D eigenvalue weighted by Gasteiger charge is 2.31. The minimum Gasteiger partial charge on any atom is -0.370 e. The maximum absolute atomic E-state index is 12.5. The lowest BCUT2D eigenvalue weighted by atomic mass is 9.90. The first-order valence-corrected chi connectivity index (χ1v) is 13.6. The van der Waals surface area contributed by atoms with Gasteiger partial charge in [0.2, 0.25) is 11.8 Å². The Hall–Kier alpha value is -1.91. The van der Waals surface area contributed by atoms with Gasteiger partial charge in [-0.25, -0.2) is 9.97 Å². The lowest BCUT2D eigenvalue weighted by Gasteiger charge is -2.35. The number of likely N-dealkylation sites (N-methyl/N-ethyl adjacent to an activating group) is 1. The number of hydrogen-bond donors (Lipinski definition) is 2. The van der Waals surface area contributed by atoms with Crippen LogP contribution in [0.3, 0.4) is 0 Å². The second-order valence-corrected chi connectivity index (χ2v) is 11.3. The van der Waals surface area contributed by atoms with E-state index in [4.69, 9.17) is 5.73 Å². The van der Waals surface area contributed by atoms with Crippen LogP contribution >= 0.6 is 24.8 Å². The van der Waals surface area contributed by atoms with Crippen molar-refractivity contribution in [1.29, 1.82) is 0 Å². The molecule has 0 aromatic carbocycles. The Bertz CT molecular complexity index is 1050. The molecule has 3 N–H and O–H groups in total. The lowest BCUT2D eigenvalue weighted by Crippen LogP contribution is -2.44. The van der Waals surface area contributed by atoms with Gasteiger partial charge in [0, 0.05) is 36.5 Å². The largest absolute Gasteiger partial charge is 0.370 e. The fraction of sp³-hybridized carbons (Fsp3) is 0.680. The molecule has 2 amide bonds. The minimum atomic E-state index is -0.230. The molecule has 5 rings (SSSR count). The summed E-state index contributed by atoms with van der Waals surface area (Å²) in [7, 11) is 2.10. The number of nitrogens with two attached hydrogens (primary N) is 1. The first-order chi connectivity index (χ1) is 16.5. The summed E-state index contributed by atoms with van der Waals surface area (Å²) in [5, 5.41) is 4.90. The van der Waals surface area contributed by atoms with Gasteiger partial charge >= 0.3 is 0 Å². The zero-order valence-corrected chi connectivity index (χ0v) is 22.4. The number of fused-ring (bicyclic) bond motifs is 3. The highest BCUT2D eigenvalue weighted by atomic mass is 32.1. The number of anilines is 1. The van der Waals surface area contributed by atoms with Crippen LogP contribution in [-0.2, 0) is 16.0 Å². The van der Waals surface area contributed by atoms with E-state index in [0.717, 1.165) is 86.9 Å². The summed E-state index contributed by atoms with van der Waals surface area (Å²) in [6, 6.07) is 0.830. The van der Waals surface area contributed by atoms with E-state index < -0.39 is 0 Å². The van der Waals surface area contributed by atoms with Gasteiger partial charge in [0.15, 0.2) is 0 Å². The Balaban J connectivity index is 0.00000289. The fourth-order valence-electron chi connectivity index (χ4n) is 6.05. The summed E-state index contributed by atoms with van der Waals surface area (Å²) < 4.78 is 0. The second kappa shape index (κ2) is 11.4. The van der Waals surface area contributed by atoms with Crippen molar-refractivity contribution >= 4 is 52.7 Å². The first-order valence-electron chi connectivity index (χ1n) is 12.8. The summed E-state index contributed by atoms with van der Waals surface area (Å²) in [6.07, 6.45) is 11.6. The molecule has 2 aliphatic carbocycles. The molecule has 2 aromatic heterocycles. The molecular formula is C25H38N6O2S2. The number of rotatable bonds is 8. The number of nitrogens with zero attached hydrogens (tertiary/aromatic N) is 4. The van der Waals surface area contributed by atoms with Gasteiger partial charge < -0.3 is 16.0 Å².